The fourth-order valence-electron chi connectivity index (χ4n) is 2.23. The zero-order valence-corrected chi connectivity index (χ0v) is 10.8. The SMILES string of the molecule is O=S(=O)(CCCN1CCCC1)c1ccccc1. The van der Waals surface area contributed by atoms with Crippen LogP contribution in [0.2, 0.25) is 0 Å². The molecule has 0 amide bonds. The topological polar surface area (TPSA) is 37.4 Å². The molecule has 1 fully saturated rings. The van der Waals surface area contributed by atoms with Crippen LogP contribution in [0.4, 0.5) is 0 Å². The Bertz CT molecular complexity index is 436. The van der Waals surface area contributed by atoms with E-state index in [1.165, 1.54) is 12.8 Å². The van der Waals surface area contributed by atoms with Gasteiger partial charge >= 0.3 is 0 Å². The van der Waals surface area contributed by atoms with E-state index in [4.69, 9.17) is 0 Å². The third kappa shape index (κ3) is 3.54. The Hall–Kier alpha value is -0.870. The van der Waals surface area contributed by atoms with Gasteiger partial charge in [0.1, 0.15) is 0 Å². The highest BCUT2D eigenvalue weighted by molar-refractivity contribution is 7.91. The second kappa shape index (κ2) is 5.65. The molecule has 0 atom stereocenters. The zero-order chi connectivity index (χ0) is 12.1. The van der Waals surface area contributed by atoms with Crippen LogP contribution >= 0.6 is 0 Å². The Morgan fingerprint density at radius 2 is 1.71 bits per heavy atom. The number of sulfone groups is 1. The van der Waals surface area contributed by atoms with Crippen LogP contribution in [-0.4, -0.2) is 38.7 Å². The summed E-state index contributed by atoms with van der Waals surface area (Å²) in [6.45, 7) is 3.17. The summed E-state index contributed by atoms with van der Waals surface area (Å²) in [5.74, 6) is 0.257. The summed E-state index contributed by atoms with van der Waals surface area (Å²) in [4.78, 5) is 2.79. The van der Waals surface area contributed by atoms with Gasteiger partial charge in [-0.15, -0.1) is 0 Å². The van der Waals surface area contributed by atoms with Crippen LogP contribution in [0.1, 0.15) is 19.3 Å². The van der Waals surface area contributed by atoms with E-state index >= 15 is 0 Å². The van der Waals surface area contributed by atoms with E-state index in [-0.39, 0.29) is 5.75 Å². The van der Waals surface area contributed by atoms with Crippen molar-refractivity contribution in [1.29, 1.82) is 0 Å². The first kappa shape index (κ1) is 12.6. The number of hydrogen-bond acceptors (Lipinski definition) is 3. The van der Waals surface area contributed by atoms with Crippen LogP contribution in [0.25, 0.3) is 0 Å². The molecule has 4 heteroatoms. The summed E-state index contributed by atoms with van der Waals surface area (Å²) < 4.78 is 24.0. The summed E-state index contributed by atoms with van der Waals surface area (Å²) in [7, 11) is -3.08. The molecule has 1 aliphatic heterocycles. The van der Waals surface area contributed by atoms with Gasteiger partial charge in [0, 0.05) is 0 Å². The van der Waals surface area contributed by atoms with E-state index in [0.717, 1.165) is 26.1 Å². The molecule has 1 aromatic rings. The minimum atomic E-state index is -3.08. The normalized spacial score (nSPS) is 17.4. The highest BCUT2D eigenvalue weighted by atomic mass is 32.2. The summed E-state index contributed by atoms with van der Waals surface area (Å²) >= 11 is 0. The Balaban J connectivity index is 1.85. The molecule has 1 heterocycles. The molecule has 3 nitrogen and oxygen atoms in total. The summed E-state index contributed by atoms with van der Waals surface area (Å²) in [6.07, 6.45) is 3.24. The van der Waals surface area contributed by atoms with Gasteiger partial charge in [-0.2, -0.15) is 0 Å². The van der Waals surface area contributed by atoms with Crippen molar-refractivity contribution < 1.29 is 8.42 Å². The second-order valence-corrected chi connectivity index (χ2v) is 6.64. The molecule has 1 aromatic carbocycles. The van der Waals surface area contributed by atoms with Crippen molar-refractivity contribution in [2.45, 2.75) is 24.2 Å². The van der Waals surface area contributed by atoms with E-state index in [0.29, 0.717) is 4.90 Å². The summed E-state index contributed by atoms with van der Waals surface area (Å²) in [6, 6.07) is 8.72. The van der Waals surface area contributed by atoms with Crippen LogP contribution in [0.3, 0.4) is 0 Å². The maximum Gasteiger partial charge on any atom is 0.178 e. The number of rotatable bonds is 5. The predicted octanol–water partition coefficient (Wildman–Crippen LogP) is 1.95. The van der Waals surface area contributed by atoms with E-state index in [1.807, 2.05) is 6.07 Å². The van der Waals surface area contributed by atoms with Gasteiger partial charge in [-0.3, -0.25) is 0 Å². The summed E-state index contributed by atoms with van der Waals surface area (Å²) in [5, 5.41) is 0. The number of nitrogens with zero attached hydrogens (tertiary/aromatic N) is 1. The third-order valence-electron chi connectivity index (χ3n) is 3.19. The molecular weight excluding hydrogens is 234 g/mol. The molecule has 0 unspecified atom stereocenters. The fourth-order valence-corrected chi connectivity index (χ4v) is 3.55. The number of likely N-dealkylation sites (tertiary alicyclic amines) is 1. The molecule has 1 saturated heterocycles. The average molecular weight is 253 g/mol. The number of benzene rings is 1. The van der Waals surface area contributed by atoms with Gasteiger partial charge in [0.15, 0.2) is 9.84 Å². The van der Waals surface area contributed by atoms with Gasteiger partial charge in [0.2, 0.25) is 0 Å². The lowest BCUT2D eigenvalue weighted by atomic mass is 10.4. The Morgan fingerprint density at radius 1 is 1.06 bits per heavy atom. The lowest BCUT2D eigenvalue weighted by molar-refractivity contribution is 0.340. The molecule has 0 N–H and O–H groups in total. The number of hydrogen-bond donors (Lipinski definition) is 0. The zero-order valence-electron chi connectivity index (χ0n) is 10.0. The minimum absolute atomic E-state index is 0.257. The minimum Gasteiger partial charge on any atom is -0.303 e. The quantitative estimate of drug-likeness (QED) is 0.805. The molecule has 0 spiro atoms. The van der Waals surface area contributed by atoms with E-state index in [1.54, 1.807) is 24.3 Å². The smallest absolute Gasteiger partial charge is 0.178 e. The molecule has 0 bridgehead atoms. The van der Waals surface area contributed by atoms with Crippen molar-refractivity contribution in [3.05, 3.63) is 30.3 Å². The van der Waals surface area contributed by atoms with Crippen LogP contribution in [0.15, 0.2) is 35.2 Å². The average Bonchev–Trinajstić information content (AvgIpc) is 2.83. The van der Waals surface area contributed by atoms with Gasteiger partial charge in [-0.25, -0.2) is 8.42 Å². The lowest BCUT2D eigenvalue weighted by Gasteiger charge is -2.13. The first-order valence-corrected chi connectivity index (χ1v) is 7.84. The van der Waals surface area contributed by atoms with Crippen molar-refractivity contribution in [2.75, 3.05) is 25.4 Å². The van der Waals surface area contributed by atoms with Gasteiger partial charge in [0.05, 0.1) is 10.6 Å². The standard InChI is InChI=1S/C13H19NO2S/c15-17(16,13-7-2-1-3-8-13)12-6-11-14-9-4-5-10-14/h1-3,7-8H,4-6,9-12H2. The van der Waals surface area contributed by atoms with E-state index < -0.39 is 9.84 Å². The van der Waals surface area contributed by atoms with Gasteiger partial charge in [-0.05, 0) is 51.0 Å². The first-order chi connectivity index (χ1) is 8.18. The maximum atomic E-state index is 12.0. The van der Waals surface area contributed by atoms with Crippen molar-refractivity contribution in [3.8, 4) is 0 Å². The predicted molar refractivity (Wildman–Crippen MR) is 68.8 cm³/mol. The summed E-state index contributed by atoms with van der Waals surface area (Å²) in [5.41, 5.74) is 0. The van der Waals surface area contributed by atoms with Crippen molar-refractivity contribution in [3.63, 3.8) is 0 Å². The molecule has 0 saturated carbocycles. The molecule has 94 valence electrons. The van der Waals surface area contributed by atoms with E-state index in [2.05, 4.69) is 4.90 Å². The van der Waals surface area contributed by atoms with Crippen LogP contribution in [0, 0.1) is 0 Å². The molecular formula is C13H19NO2S. The Morgan fingerprint density at radius 3 is 2.35 bits per heavy atom. The highest BCUT2D eigenvalue weighted by Crippen LogP contribution is 2.13. The van der Waals surface area contributed by atoms with Crippen LogP contribution in [-0.2, 0) is 9.84 Å². The largest absolute Gasteiger partial charge is 0.303 e. The van der Waals surface area contributed by atoms with Crippen molar-refractivity contribution >= 4 is 9.84 Å². The Kier molecular flexibility index (Phi) is 4.18. The first-order valence-electron chi connectivity index (χ1n) is 6.19. The lowest BCUT2D eigenvalue weighted by Crippen LogP contribution is -2.22. The monoisotopic (exact) mass is 253 g/mol. The molecule has 0 radical (unpaired) electrons. The van der Waals surface area contributed by atoms with Gasteiger partial charge < -0.3 is 4.90 Å². The molecule has 1 aliphatic rings. The molecule has 0 aliphatic carbocycles. The third-order valence-corrected chi connectivity index (χ3v) is 5.00. The highest BCUT2D eigenvalue weighted by Gasteiger charge is 2.16. The van der Waals surface area contributed by atoms with Crippen molar-refractivity contribution in [1.82, 2.24) is 4.90 Å². The molecule has 0 aromatic heterocycles. The van der Waals surface area contributed by atoms with Crippen molar-refractivity contribution in [2.24, 2.45) is 0 Å². The fraction of sp³-hybridized carbons (Fsp3) is 0.538. The van der Waals surface area contributed by atoms with Gasteiger partial charge in [0.25, 0.3) is 0 Å². The van der Waals surface area contributed by atoms with E-state index in [9.17, 15) is 8.42 Å². The maximum absolute atomic E-state index is 12.0. The van der Waals surface area contributed by atoms with Crippen LogP contribution < -0.4 is 0 Å². The molecule has 17 heavy (non-hydrogen) atoms. The van der Waals surface area contributed by atoms with Crippen LogP contribution in [0.5, 0.6) is 0 Å². The second-order valence-electron chi connectivity index (χ2n) is 4.53. The van der Waals surface area contributed by atoms with Gasteiger partial charge in [-0.1, -0.05) is 18.2 Å². The Labute approximate surface area is 103 Å². The molecule has 2 rings (SSSR count).